The molecule has 0 aliphatic carbocycles. The predicted molar refractivity (Wildman–Crippen MR) is 213 cm³/mol. The van der Waals surface area contributed by atoms with Crippen molar-refractivity contribution in [3.8, 4) is 33.6 Å². The molecule has 0 amide bonds. The largest absolute Gasteiger partial charge is 0.455 e. The molecule has 0 bridgehead atoms. The van der Waals surface area contributed by atoms with E-state index in [2.05, 4.69) is 191 Å². The van der Waals surface area contributed by atoms with Gasteiger partial charge in [-0.1, -0.05) is 121 Å². The van der Waals surface area contributed by atoms with Gasteiger partial charge in [0, 0.05) is 38.3 Å². The lowest BCUT2D eigenvalue weighted by Gasteiger charge is -2.10. The Labute approximate surface area is 293 Å². The van der Waals surface area contributed by atoms with Crippen molar-refractivity contribution in [3.05, 3.63) is 182 Å². The topological polar surface area (TPSA) is 23.0 Å². The minimum atomic E-state index is 0.898. The van der Waals surface area contributed by atoms with Crippen molar-refractivity contribution < 1.29 is 4.42 Å². The minimum Gasteiger partial charge on any atom is -0.455 e. The van der Waals surface area contributed by atoms with E-state index in [1.165, 1.54) is 49.4 Å². The first-order valence-corrected chi connectivity index (χ1v) is 17.4. The summed E-state index contributed by atoms with van der Waals surface area (Å²) in [6.07, 6.45) is 0. The summed E-state index contributed by atoms with van der Waals surface area (Å²) in [5.41, 5.74) is 13.5. The number of para-hydroxylation sites is 2. The van der Waals surface area contributed by atoms with Crippen LogP contribution in [0.4, 0.5) is 0 Å². The molecule has 0 spiro atoms. The highest BCUT2D eigenvalue weighted by Crippen LogP contribution is 2.43. The first kappa shape index (κ1) is 28.0. The second-order valence-electron chi connectivity index (χ2n) is 13.3. The van der Waals surface area contributed by atoms with Crippen LogP contribution in [0.25, 0.3) is 99.2 Å². The van der Waals surface area contributed by atoms with E-state index in [1.807, 2.05) is 0 Å². The molecule has 0 radical (unpaired) electrons. The monoisotopic (exact) mass is 650 g/mol. The number of rotatable bonds is 4. The number of nitrogens with zero attached hydrogens (tertiary/aromatic N) is 2. The Bertz CT molecular complexity index is 3110. The molecule has 0 aliphatic heterocycles. The number of benzene rings is 8. The second-order valence-corrected chi connectivity index (χ2v) is 13.3. The zero-order valence-electron chi connectivity index (χ0n) is 27.6. The van der Waals surface area contributed by atoms with Gasteiger partial charge in [0.25, 0.3) is 0 Å². The summed E-state index contributed by atoms with van der Waals surface area (Å²) in [4.78, 5) is 0. The lowest BCUT2D eigenvalue weighted by molar-refractivity contribution is 0.673. The Morgan fingerprint density at radius 1 is 0.314 bits per heavy atom. The van der Waals surface area contributed by atoms with Crippen molar-refractivity contribution in [1.82, 2.24) is 9.13 Å². The van der Waals surface area contributed by atoms with Gasteiger partial charge in [0.1, 0.15) is 11.2 Å². The van der Waals surface area contributed by atoms with Gasteiger partial charge in [0.2, 0.25) is 0 Å². The highest BCUT2D eigenvalue weighted by molar-refractivity contribution is 6.25. The molecule has 0 N–H and O–H groups in total. The summed E-state index contributed by atoms with van der Waals surface area (Å²) in [6, 6.07) is 65.3. The van der Waals surface area contributed by atoms with Crippen molar-refractivity contribution in [2.75, 3.05) is 0 Å². The smallest absolute Gasteiger partial charge is 0.145 e. The molecule has 0 saturated heterocycles. The Morgan fingerprint density at radius 2 is 0.922 bits per heavy atom. The summed E-state index contributed by atoms with van der Waals surface area (Å²) < 4.78 is 11.7. The van der Waals surface area contributed by atoms with Crippen LogP contribution in [-0.2, 0) is 0 Å². The van der Waals surface area contributed by atoms with Gasteiger partial charge in [-0.2, -0.15) is 0 Å². The lowest BCUT2D eigenvalue weighted by atomic mass is 10.1. The third-order valence-electron chi connectivity index (χ3n) is 10.5. The van der Waals surface area contributed by atoms with Gasteiger partial charge >= 0.3 is 0 Å². The average Bonchev–Trinajstić information content (AvgIpc) is 3.85. The first-order valence-electron chi connectivity index (χ1n) is 17.4. The van der Waals surface area contributed by atoms with Gasteiger partial charge in [-0.15, -0.1) is 0 Å². The standard InChI is InChI=1S/C48H30N2O/c1-3-12-31(13-4-1)33-22-24-35(25-23-33)49-42-20-9-7-18-37(42)40-30-46-41(29-45(40)49)38-26-27-44-47(48(38)51-46)39-19-8-10-21-43(39)50(44)36-17-11-16-34(28-36)32-14-5-2-6-15-32/h1-30H. The maximum atomic E-state index is 6.93. The molecule has 11 rings (SSSR count). The Morgan fingerprint density at radius 3 is 1.69 bits per heavy atom. The lowest BCUT2D eigenvalue weighted by Crippen LogP contribution is -1.94. The fraction of sp³-hybridized carbons (Fsp3) is 0. The maximum Gasteiger partial charge on any atom is 0.145 e. The minimum absolute atomic E-state index is 0.898. The SMILES string of the molecule is c1ccc(-c2ccc(-n3c4ccccc4c4cc5oc6c(ccc7c6c6ccccc6n7-c6cccc(-c7ccccc7)c6)c5cc43)cc2)cc1. The van der Waals surface area contributed by atoms with Crippen molar-refractivity contribution >= 4 is 65.6 Å². The van der Waals surface area contributed by atoms with E-state index < -0.39 is 0 Å². The summed E-state index contributed by atoms with van der Waals surface area (Å²) in [5, 5.41) is 6.95. The van der Waals surface area contributed by atoms with Gasteiger partial charge in [0.15, 0.2) is 0 Å². The van der Waals surface area contributed by atoms with Crippen LogP contribution >= 0.6 is 0 Å². The van der Waals surface area contributed by atoms with Gasteiger partial charge < -0.3 is 13.6 Å². The van der Waals surface area contributed by atoms with Gasteiger partial charge in [0.05, 0.1) is 27.5 Å². The summed E-state index contributed by atoms with van der Waals surface area (Å²) in [5.74, 6) is 0. The molecule has 3 nitrogen and oxygen atoms in total. The molecule has 238 valence electrons. The van der Waals surface area contributed by atoms with Crippen molar-refractivity contribution in [2.24, 2.45) is 0 Å². The molecule has 0 fully saturated rings. The van der Waals surface area contributed by atoms with Gasteiger partial charge in [-0.25, -0.2) is 0 Å². The Balaban J connectivity index is 1.15. The molecular weight excluding hydrogens is 621 g/mol. The van der Waals surface area contributed by atoms with Crippen LogP contribution in [0.15, 0.2) is 186 Å². The van der Waals surface area contributed by atoms with Crippen LogP contribution in [0.5, 0.6) is 0 Å². The molecule has 0 aliphatic rings. The van der Waals surface area contributed by atoms with Crippen molar-refractivity contribution in [1.29, 1.82) is 0 Å². The average molecular weight is 651 g/mol. The fourth-order valence-corrected chi connectivity index (χ4v) is 8.19. The number of hydrogen-bond acceptors (Lipinski definition) is 1. The van der Waals surface area contributed by atoms with Crippen LogP contribution in [0.1, 0.15) is 0 Å². The van der Waals surface area contributed by atoms with E-state index in [4.69, 9.17) is 4.42 Å². The van der Waals surface area contributed by atoms with Gasteiger partial charge in [-0.05, 0) is 82.9 Å². The number of hydrogen-bond donors (Lipinski definition) is 0. The van der Waals surface area contributed by atoms with Crippen LogP contribution < -0.4 is 0 Å². The zero-order valence-corrected chi connectivity index (χ0v) is 27.6. The van der Waals surface area contributed by atoms with Crippen LogP contribution in [0.2, 0.25) is 0 Å². The second kappa shape index (κ2) is 10.8. The molecule has 0 unspecified atom stereocenters. The molecular formula is C48H30N2O. The quantitative estimate of drug-likeness (QED) is 0.186. The van der Waals surface area contributed by atoms with Crippen molar-refractivity contribution in [3.63, 3.8) is 0 Å². The predicted octanol–water partition coefficient (Wildman–Crippen LogP) is 13.1. The highest BCUT2D eigenvalue weighted by atomic mass is 16.3. The number of aromatic nitrogens is 2. The van der Waals surface area contributed by atoms with Crippen molar-refractivity contribution in [2.45, 2.75) is 0 Å². The summed E-state index contributed by atoms with van der Waals surface area (Å²) in [7, 11) is 0. The molecule has 0 atom stereocenters. The molecule has 11 aromatic rings. The van der Waals surface area contributed by atoms with E-state index in [0.717, 1.165) is 49.7 Å². The van der Waals surface area contributed by atoms with Crippen LogP contribution in [-0.4, -0.2) is 9.13 Å². The summed E-state index contributed by atoms with van der Waals surface area (Å²) in [6.45, 7) is 0. The van der Waals surface area contributed by atoms with Crippen LogP contribution in [0, 0.1) is 0 Å². The van der Waals surface area contributed by atoms with E-state index in [0.29, 0.717) is 0 Å². The Hall–Kier alpha value is -6.84. The van der Waals surface area contributed by atoms with E-state index in [-0.39, 0.29) is 0 Å². The molecule has 8 aromatic carbocycles. The summed E-state index contributed by atoms with van der Waals surface area (Å²) >= 11 is 0. The first-order chi connectivity index (χ1) is 25.3. The maximum absolute atomic E-state index is 6.93. The van der Waals surface area contributed by atoms with Crippen LogP contribution in [0.3, 0.4) is 0 Å². The highest BCUT2D eigenvalue weighted by Gasteiger charge is 2.21. The van der Waals surface area contributed by atoms with E-state index in [9.17, 15) is 0 Å². The zero-order chi connectivity index (χ0) is 33.5. The Kier molecular flexibility index (Phi) is 5.96. The molecule has 3 heterocycles. The molecule has 0 saturated carbocycles. The third kappa shape index (κ3) is 4.19. The molecule has 3 heteroatoms. The number of fused-ring (bicyclic) bond motifs is 10. The molecule has 51 heavy (non-hydrogen) atoms. The van der Waals surface area contributed by atoms with E-state index >= 15 is 0 Å². The third-order valence-corrected chi connectivity index (χ3v) is 10.5. The normalized spacial score (nSPS) is 11.9. The van der Waals surface area contributed by atoms with E-state index in [1.54, 1.807) is 0 Å². The van der Waals surface area contributed by atoms with Gasteiger partial charge in [-0.3, -0.25) is 0 Å². The number of furan rings is 1. The fourth-order valence-electron chi connectivity index (χ4n) is 8.19. The molecule has 3 aromatic heterocycles.